The van der Waals surface area contributed by atoms with E-state index < -0.39 is 0 Å². The summed E-state index contributed by atoms with van der Waals surface area (Å²) in [6.45, 7) is 0. The third-order valence-corrected chi connectivity index (χ3v) is 10.7. The molecule has 0 saturated heterocycles. The van der Waals surface area contributed by atoms with Crippen molar-refractivity contribution in [2.24, 2.45) is 0 Å². The number of hydrogen-bond donors (Lipinski definition) is 0. The minimum Gasteiger partial charge on any atom is -0.456 e. The monoisotopic (exact) mass is 701 g/mol. The summed E-state index contributed by atoms with van der Waals surface area (Å²) in [6.07, 6.45) is 0. The van der Waals surface area contributed by atoms with Crippen molar-refractivity contribution in [1.29, 1.82) is 0 Å². The fourth-order valence-corrected chi connectivity index (χ4v) is 7.93. The SMILES string of the molecule is c1cc(-c2ccc(-c3ccc4ccccc4c3)cc2)cc(-c2nc(-c3ccc4c(ccc5ccccc54)c3)nc(-c3cccc4oc5ccccc5c34)n2)c1. The molecule has 0 radical (unpaired) electrons. The van der Waals surface area contributed by atoms with E-state index in [1.165, 1.54) is 38.1 Å². The highest BCUT2D eigenvalue weighted by Crippen LogP contribution is 2.38. The van der Waals surface area contributed by atoms with E-state index in [1.807, 2.05) is 30.3 Å². The Labute approximate surface area is 317 Å². The van der Waals surface area contributed by atoms with Gasteiger partial charge in [-0.05, 0) is 84.9 Å². The van der Waals surface area contributed by atoms with Gasteiger partial charge in [-0.25, -0.2) is 15.0 Å². The molecule has 0 atom stereocenters. The summed E-state index contributed by atoms with van der Waals surface area (Å²) in [5.74, 6) is 1.82. The molecule has 0 unspecified atom stereocenters. The molecular formula is C51H31N3O. The van der Waals surface area contributed by atoms with E-state index in [2.05, 4.69) is 158 Å². The Morgan fingerprint density at radius 1 is 0.291 bits per heavy atom. The molecule has 11 aromatic rings. The van der Waals surface area contributed by atoms with Crippen LogP contribution in [0.3, 0.4) is 0 Å². The number of fused-ring (bicyclic) bond motifs is 7. The standard InChI is InChI=1S/C51H31N3O/c1-2-11-36-29-38(25-23-32(36)9-1)34-21-19-33(20-22-34)37-12-7-13-40(30-37)49-52-50(41-27-28-43-39(31-41)26-24-35-10-3-4-14-42(35)43)54-51(53-49)45-16-8-18-47-48(45)44-15-5-6-17-46(44)55-47/h1-31H. The van der Waals surface area contributed by atoms with Gasteiger partial charge in [-0.15, -0.1) is 0 Å². The molecule has 2 heterocycles. The first kappa shape index (κ1) is 31.1. The molecule has 9 aromatic carbocycles. The number of rotatable bonds is 5. The van der Waals surface area contributed by atoms with Crippen LogP contribution in [0.5, 0.6) is 0 Å². The second-order valence-corrected chi connectivity index (χ2v) is 14.0. The van der Waals surface area contributed by atoms with Crippen LogP contribution in [-0.2, 0) is 0 Å². The van der Waals surface area contributed by atoms with Gasteiger partial charge in [0.25, 0.3) is 0 Å². The van der Waals surface area contributed by atoms with Crippen LogP contribution in [-0.4, -0.2) is 15.0 Å². The average molecular weight is 702 g/mol. The van der Waals surface area contributed by atoms with Crippen LogP contribution in [0.4, 0.5) is 0 Å². The Hall–Kier alpha value is -7.43. The van der Waals surface area contributed by atoms with Crippen LogP contribution in [0.15, 0.2) is 192 Å². The van der Waals surface area contributed by atoms with Gasteiger partial charge in [0.15, 0.2) is 17.5 Å². The van der Waals surface area contributed by atoms with E-state index in [9.17, 15) is 0 Å². The highest BCUT2D eigenvalue weighted by Gasteiger charge is 2.18. The topological polar surface area (TPSA) is 51.8 Å². The third-order valence-electron chi connectivity index (χ3n) is 10.7. The molecule has 55 heavy (non-hydrogen) atoms. The first-order chi connectivity index (χ1) is 27.2. The van der Waals surface area contributed by atoms with Gasteiger partial charge in [-0.2, -0.15) is 0 Å². The summed E-state index contributed by atoms with van der Waals surface area (Å²) in [6, 6.07) is 65.9. The second kappa shape index (κ2) is 12.6. The van der Waals surface area contributed by atoms with E-state index >= 15 is 0 Å². The summed E-state index contributed by atoms with van der Waals surface area (Å²) in [7, 11) is 0. The Bertz CT molecular complexity index is 3270. The molecule has 0 fully saturated rings. The lowest BCUT2D eigenvalue weighted by Gasteiger charge is -2.11. The van der Waals surface area contributed by atoms with Crippen molar-refractivity contribution in [1.82, 2.24) is 15.0 Å². The fourth-order valence-electron chi connectivity index (χ4n) is 7.93. The van der Waals surface area contributed by atoms with Crippen LogP contribution in [0.2, 0.25) is 0 Å². The summed E-state index contributed by atoms with van der Waals surface area (Å²) in [5.41, 5.74) is 8.97. The summed E-state index contributed by atoms with van der Waals surface area (Å²) in [4.78, 5) is 15.5. The predicted molar refractivity (Wildman–Crippen MR) is 227 cm³/mol. The molecule has 0 amide bonds. The quantitative estimate of drug-likeness (QED) is 0.168. The van der Waals surface area contributed by atoms with Crippen molar-refractivity contribution in [3.05, 3.63) is 188 Å². The lowest BCUT2D eigenvalue weighted by molar-refractivity contribution is 0.669. The van der Waals surface area contributed by atoms with Gasteiger partial charge in [-0.3, -0.25) is 0 Å². The molecule has 0 aliphatic heterocycles. The minimum atomic E-state index is 0.598. The second-order valence-electron chi connectivity index (χ2n) is 14.0. The number of para-hydroxylation sites is 1. The van der Waals surface area contributed by atoms with E-state index in [-0.39, 0.29) is 0 Å². The molecule has 2 aromatic heterocycles. The molecule has 0 aliphatic rings. The van der Waals surface area contributed by atoms with Gasteiger partial charge in [0.05, 0.1) is 0 Å². The first-order valence-corrected chi connectivity index (χ1v) is 18.5. The number of hydrogen-bond acceptors (Lipinski definition) is 4. The number of furan rings is 1. The summed E-state index contributed by atoms with van der Waals surface area (Å²) >= 11 is 0. The lowest BCUT2D eigenvalue weighted by atomic mass is 9.97. The van der Waals surface area contributed by atoms with E-state index in [4.69, 9.17) is 19.4 Å². The first-order valence-electron chi connectivity index (χ1n) is 18.5. The highest BCUT2D eigenvalue weighted by molar-refractivity contribution is 6.12. The smallest absolute Gasteiger partial charge is 0.164 e. The predicted octanol–water partition coefficient (Wildman–Crippen LogP) is 13.6. The molecular weight excluding hydrogens is 671 g/mol. The Morgan fingerprint density at radius 2 is 0.818 bits per heavy atom. The van der Waals surface area contributed by atoms with Crippen molar-refractivity contribution in [2.75, 3.05) is 0 Å². The normalized spacial score (nSPS) is 11.6. The Morgan fingerprint density at radius 3 is 1.65 bits per heavy atom. The largest absolute Gasteiger partial charge is 0.456 e. The van der Waals surface area contributed by atoms with E-state index in [1.54, 1.807) is 0 Å². The van der Waals surface area contributed by atoms with Crippen molar-refractivity contribution >= 4 is 54.3 Å². The highest BCUT2D eigenvalue weighted by atomic mass is 16.3. The molecule has 0 N–H and O–H groups in total. The lowest BCUT2D eigenvalue weighted by Crippen LogP contribution is -2.00. The van der Waals surface area contributed by atoms with Crippen LogP contribution in [0, 0.1) is 0 Å². The van der Waals surface area contributed by atoms with Crippen LogP contribution < -0.4 is 0 Å². The summed E-state index contributed by atoms with van der Waals surface area (Å²) in [5, 5.41) is 9.28. The molecule has 0 aliphatic carbocycles. The number of nitrogens with zero attached hydrogens (tertiary/aromatic N) is 3. The maximum Gasteiger partial charge on any atom is 0.164 e. The number of benzene rings is 9. The van der Waals surface area contributed by atoms with Gasteiger partial charge in [0.2, 0.25) is 0 Å². The minimum absolute atomic E-state index is 0.598. The average Bonchev–Trinajstić information content (AvgIpc) is 3.65. The summed E-state index contributed by atoms with van der Waals surface area (Å²) < 4.78 is 6.28. The molecule has 0 spiro atoms. The molecule has 0 saturated carbocycles. The maximum absolute atomic E-state index is 6.28. The van der Waals surface area contributed by atoms with Gasteiger partial charge in [0.1, 0.15) is 11.2 Å². The van der Waals surface area contributed by atoms with Crippen LogP contribution in [0.25, 0.3) is 111 Å². The number of aromatic nitrogens is 3. The third kappa shape index (κ3) is 5.43. The van der Waals surface area contributed by atoms with Crippen molar-refractivity contribution < 1.29 is 4.42 Å². The van der Waals surface area contributed by atoms with Crippen molar-refractivity contribution in [2.45, 2.75) is 0 Å². The van der Waals surface area contributed by atoms with Gasteiger partial charge in [-0.1, -0.05) is 158 Å². The fraction of sp³-hybridized carbons (Fsp3) is 0. The zero-order chi connectivity index (χ0) is 36.3. The van der Waals surface area contributed by atoms with E-state index in [0.717, 1.165) is 55.1 Å². The molecule has 0 bridgehead atoms. The van der Waals surface area contributed by atoms with Crippen molar-refractivity contribution in [3.63, 3.8) is 0 Å². The Kier molecular flexibility index (Phi) is 7.14. The molecule has 256 valence electrons. The van der Waals surface area contributed by atoms with Crippen molar-refractivity contribution in [3.8, 4) is 56.4 Å². The zero-order valence-corrected chi connectivity index (χ0v) is 29.6. The molecule has 4 nitrogen and oxygen atoms in total. The molecule has 11 rings (SSSR count). The van der Waals surface area contributed by atoms with Gasteiger partial charge in [0, 0.05) is 27.5 Å². The molecule has 4 heteroatoms. The van der Waals surface area contributed by atoms with E-state index in [0.29, 0.717) is 17.5 Å². The van der Waals surface area contributed by atoms with Crippen LogP contribution in [0.1, 0.15) is 0 Å². The maximum atomic E-state index is 6.28. The van der Waals surface area contributed by atoms with Gasteiger partial charge < -0.3 is 4.42 Å². The Balaban J connectivity index is 1.04. The van der Waals surface area contributed by atoms with Crippen LogP contribution >= 0.6 is 0 Å². The van der Waals surface area contributed by atoms with Gasteiger partial charge >= 0.3 is 0 Å². The zero-order valence-electron chi connectivity index (χ0n) is 29.6.